The standard InChI is InChI=1S/C15H13Cl3FN/c1-20-15(11-8-10(16)3-5-14(11)19)7-9-2-4-12(17)13(18)6-9/h2-6,8,15,20H,7H2,1H3. The maximum atomic E-state index is 13.9. The molecule has 1 unspecified atom stereocenters. The summed E-state index contributed by atoms with van der Waals surface area (Å²) in [6.07, 6.45) is 0.588. The topological polar surface area (TPSA) is 12.0 Å². The molecule has 1 N–H and O–H groups in total. The van der Waals surface area contributed by atoms with Crippen LogP contribution in [0, 0.1) is 5.82 Å². The number of hydrogen-bond donors (Lipinski definition) is 1. The van der Waals surface area contributed by atoms with Crippen LogP contribution in [0.2, 0.25) is 15.1 Å². The lowest BCUT2D eigenvalue weighted by Gasteiger charge is -2.18. The summed E-state index contributed by atoms with van der Waals surface area (Å²) in [6, 6.07) is 9.75. The minimum absolute atomic E-state index is 0.189. The van der Waals surface area contributed by atoms with Gasteiger partial charge < -0.3 is 5.32 Å². The van der Waals surface area contributed by atoms with Crippen molar-refractivity contribution in [1.82, 2.24) is 5.32 Å². The molecular weight excluding hydrogens is 320 g/mol. The van der Waals surface area contributed by atoms with E-state index < -0.39 is 0 Å². The van der Waals surface area contributed by atoms with Crippen LogP contribution in [0.15, 0.2) is 36.4 Å². The van der Waals surface area contributed by atoms with E-state index in [0.29, 0.717) is 27.1 Å². The van der Waals surface area contributed by atoms with Crippen molar-refractivity contribution in [3.8, 4) is 0 Å². The van der Waals surface area contributed by atoms with E-state index in [1.807, 2.05) is 6.07 Å². The highest BCUT2D eigenvalue weighted by molar-refractivity contribution is 6.42. The number of halogens is 4. The number of hydrogen-bond acceptors (Lipinski definition) is 1. The molecule has 1 atom stereocenters. The van der Waals surface area contributed by atoms with Crippen LogP contribution in [0.5, 0.6) is 0 Å². The molecule has 0 aliphatic carbocycles. The Morgan fingerprint density at radius 1 is 1.05 bits per heavy atom. The summed E-state index contributed by atoms with van der Waals surface area (Å²) in [5.74, 6) is -0.284. The average molecular weight is 333 g/mol. The van der Waals surface area contributed by atoms with Crippen LogP contribution < -0.4 is 5.32 Å². The Bertz CT molecular complexity index is 616. The van der Waals surface area contributed by atoms with Gasteiger partial charge in [0.25, 0.3) is 0 Å². The lowest BCUT2D eigenvalue weighted by Crippen LogP contribution is -2.20. The SMILES string of the molecule is CNC(Cc1ccc(Cl)c(Cl)c1)c1cc(Cl)ccc1F. The molecule has 0 amide bonds. The van der Waals surface area contributed by atoms with Crippen LogP contribution in [-0.2, 0) is 6.42 Å². The molecular formula is C15H13Cl3FN. The van der Waals surface area contributed by atoms with Crippen LogP contribution in [0.4, 0.5) is 4.39 Å². The van der Waals surface area contributed by atoms with Crippen LogP contribution >= 0.6 is 34.8 Å². The Labute approximate surface area is 132 Å². The molecule has 0 saturated carbocycles. The number of benzene rings is 2. The quantitative estimate of drug-likeness (QED) is 0.802. The second-order valence-electron chi connectivity index (χ2n) is 4.46. The molecule has 5 heteroatoms. The van der Waals surface area contributed by atoms with Crippen LogP contribution in [0.1, 0.15) is 17.2 Å². The molecule has 0 aromatic heterocycles. The first-order valence-electron chi connectivity index (χ1n) is 6.07. The Kier molecular flexibility index (Phi) is 5.28. The van der Waals surface area contributed by atoms with Gasteiger partial charge in [-0.3, -0.25) is 0 Å². The molecule has 0 heterocycles. The summed E-state index contributed by atoms with van der Waals surface area (Å²) in [4.78, 5) is 0. The second kappa shape index (κ2) is 6.77. The van der Waals surface area contributed by atoms with Crippen molar-refractivity contribution in [1.29, 1.82) is 0 Å². The van der Waals surface area contributed by atoms with Gasteiger partial charge in [0.15, 0.2) is 0 Å². The third kappa shape index (κ3) is 3.64. The maximum Gasteiger partial charge on any atom is 0.128 e. The first-order valence-corrected chi connectivity index (χ1v) is 7.21. The summed E-state index contributed by atoms with van der Waals surface area (Å²) in [6.45, 7) is 0. The summed E-state index contributed by atoms with van der Waals surface area (Å²) in [7, 11) is 1.78. The van der Waals surface area contributed by atoms with Crippen molar-refractivity contribution < 1.29 is 4.39 Å². The highest BCUT2D eigenvalue weighted by atomic mass is 35.5. The van der Waals surface area contributed by atoms with Gasteiger partial charge in [-0.25, -0.2) is 4.39 Å². The van der Waals surface area contributed by atoms with Gasteiger partial charge in [-0.2, -0.15) is 0 Å². The molecule has 20 heavy (non-hydrogen) atoms. The fourth-order valence-corrected chi connectivity index (χ4v) is 2.55. The van der Waals surface area contributed by atoms with E-state index in [9.17, 15) is 4.39 Å². The van der Waals surface area contributed by atoms with Gasteiger partial charge in [0, 0.05) is 16.6 Å². The van der Waals surface area contributed by atoms with E-state index in [-0.39, 0.29) is 11.9 Å². The van der Waals surface area contributed by atoms with Crippen molar-refractivity contribution in [2.75, 3.05) is 7.05 Å². The number of likely N-dealkylation sites (N-methyl/N-ethyl adjacent to an activating group) is 1. The molecule has 2 rings (SSSR count). The first kappa shape index (κ1) is 15.6. The minimum Gasteiger partial charge on any atom is -0.313 e. The summed E-state index contributed by atoms with van der Waals surface area (Å²) in [5.41, 5.74) is 1.50. The first-order chi connectivity index (χ1) is 9.51. The highest BCUT2D eigenvalue weighted by Crippen LogP contribution is 2.27. The Morgan fingerprint density at radius 3 is 2.45 bits per heavy atom. The van der Waals surface area contributed by atoms with E-state index in [0.717, 1.165) is 5.56 Å². The van der Waals surface area contributed by atoms with Crippen LogP contribution in [0.3, 0.4) is 0 Å². The van der Waals surface area contributed by atoms with Gasteiger partial charge in [0.2, 0.25) is 0 Å². The van der Waals surface area contributed by atoms with Gasteiger partial charge in [0.1, 0.15) is 5.82 Å². The Hall–Kier alpha value is -0.800. The zero-order valence-corrected chi connectivity index (χ0v) is 13.0. The smallest absolute Gasteiger partial charge is 0.128 e. The van der Waals surface area contributed by atoms with Gasteiger partial charge in [-0.05, 0) is 49.4 Å². The predicted octanol–water partition coefficient (Wildman–Crippen LogP) is 5.29. The maximum absolute atomic E-state index is 13.9. The Balaban J connectivity index is 2.28. The van der Waals surface area contributed by atoms with Crippen molar-refractivity contribution in [2.45, 2.75) is 12.5 Å². The fraction of sp³-hybridized carbons (Fsp3) is 0.200. The van der Waals surface area contributed by atoms with Crippen LogP contribution in [-0.4, -0.2) is 7.05 Å². The lowest BCUT2D eigenvalue weighted by atomic mass is 9.98. The van der Waals surface area contributed by atoms with E-state index in [2.05, 4.69) is 5.32 Å². The second-order valence-corrected chi connectivity index (χ2v) is 5.71. The largest absolute Gasteiger partial charge is 0.313 e. The molecule has 106 valence electrons. The van der Waals surface area contributed by atoms with E-state index >= 15 is 0 Å². The lowest BCUT2D eigenvalue weighted by molar-refractivity contribution is 0.534. The molecule has 0 fully saturated rings. The normalized spacial score (nSPS) is 12.4. The van der Waals surface area contributed by atoms with E-state index in [1.54, 1.807) is 25.2 Å². The van der Waals surface area contributed by atoms with E-state index in [4.69, 9.17) is 34.8 Å². The van der Waals surface area contributed by atoms with Gasteiger partial charge >= 0.3 is 0 Å². The highest BCUT2D eigenvalue weighted by Gasteiger charge is 2.15. The minimum atomic E-state index is -0.284. The zero-order valence-electron chi connectivity index (χ0n) is 10.8. The monoisotopic (exact) mass is 331 g/mol. The Morgan fingerprint density at radius 2 is 1.80 bits per heavy atom. The van der Waals surface area contributed by atoms with Gasteiger partial charge in [0.05, 0.1) is 10.0 Å². The zero-order chi connectivity index (χ0) is 14.7. The molecule has 2 aromatic carbocycles. The molecule has 0 aliphatic rings. The van der Waals surface area contributed by atoms with Crippen molar-refractivity contribution in [2.24, 2.45) is 0 Å². The molecule has 1 nitrogen and oxygen atoms in total. The van der Waals surface area contributed by atoms with Crippen molar-refractivity contribution in [3.63, 3.8) is 0 Å². The third-order valence-corrected chi connectivity index (χ3v) is 4.08. The third-order valence-electron chi connectivity index (χ3n) is 3.11. The van der Waals surface area contributed by atoms with E-state index in [1.165, 1.54) is 12.1 Å². The van der Waals surface area contributed by atoms with Crippen molar-refractivity contribution in [3.05, 3.63) is 68.4 Å². The molecule has 0 bridgehead atoms. The fourth-order valence-electron chi connectivity index (χ4n) is 2.05. The summed E-state index contributed by atoms with van der Waals surface area (Å²) < 4.78 is 13.9. The number of nitrogens with one attached hydrogen (secondary N) is 1. The van der Waals surface area contributed by atoms with Crippen LogP contribution in [0.25, 0.3) is 0 Å². The molecule has 0 radical (unpaired) electrons. The number of rotatable bonds is 4. The molecule has 0 aliphatic heterocycles. The van der Waals surface area contributed by atoms with Gasteiger partial charge in [-0.1, -0.05) is 40.9 Å². The average Bonchev–Trinajstić information content (AvgIpc) is 2.43. The predicted molar refractivity (Wildman–Crippen MR) is 83.4 cm³/mol. The molecule has 0 saturated heterocycles. The van der Waals surface area contributed by atoms with Gasteiger partial charge in [-0.15, -0.1) is 0 Å². The summed E-state index contributed by atoms with van der Waals surface area (Å²) in [5, 5.41) is 4.60. The molecule has 0 spiro atoms. The summed E-state index contributed by atoms with van der Waals surface area (Å²) >= 11 is 17.8. The molecule has 2 aromatic rings. The van der Waals surface area contributed by atoms with Crippen molar-refractivity contribution >= 4 is 34.8 Å².